The van der Waals surface area contributed by atoms with Crippen molar-refractivity contribution in [3.05, 3.63) is 59.7 Å². The number of fused-ring (bicyclic) bond motifs is 1. The fraction of sp³-hybridized carbons (Fsp3) is 0.211. The van der Waals surface area contributed by atoms with Crippen LogP contribution in [0.5, 0.6) is 5.75 Å². The molecule has 2 N–H and O–H groups in total. The second-order valence-electron chi connectivity index (χ2n) is 5.74. The molecule has 2 aromatic carbocycles. The Morgan fingerprint density at radius 1 is 1.20 bits per heavy atom. The molecule has 1 atom stereocenters. The van der Waals surface area contributed by atoms with Crippen molar-refractivity contribution >= 4 is 17.5 Å². The van der Waals surface area contributed by atoms with E-state index in [1.807, 2.05) is 24.3 Å². The summed E-state index contributed by atoms with van der Waals surface area (Å²) in [6.07, 6.45) is 0.479. The van der Waals surface area contributed by atoms with E-state index in [1.54, 1.807) is 35.2 Å². The van der Waals surface area contributed by atoms with Gasteiger partial charge in [0, 0.05) is 12.2 Å². The smallest absolute Gasteiger partial charge is 0.264 e. The van der Waals surface area contributed by atoms with Crippen LogP contribution >= 0.6 is 0 Å². The van der Waals surface area contributed by atoms with Crippen LogP contribution in [0.4, 0.5) is 5.69 Å². The van der Waals surface area contributed by atoms with Crippen molar-refractivity contribution in [1.29, 1.82) is 5.26 Å². The molecule has 0 radical (unpaired) electrons. The van der Waals surface area contributed by atoms with Gasteiger partial charge >= 0.3 is 0 Å². The number of nitriles is 1. The van der Waals surface area contributed by atoms with Crippen LogP contribution < -0.4 is 15.4 Å². The third-order valence-electron chi connectivity index (χ3n) is 4.25. The number of primary amides is 1. The monoisotopic (exact) mass is 335 g/mol. The van der Waals surface area contributed by atoms with Gasteiger partial charge in [-0.05, 0) is 30.2 Å². The molecule has 2 amide bonds. The SMILES string of the molecule is N#Cc1ccccc1OCC(=O)N1CCC(C(N)=O)c2ccccc21. The molecule has 1 heterocycles. The van der Waals surface area contributed by atoms with E-state index in [0.29, 0.717) is 30.0 Å². The van der Waals surface area contributed by atoms with Gasteiger partial charge in [0.15, 0.2) is 6.61 Å². The third kappa shape index (κ3) is 3.31. The number of amides is 2. The summed E-state index contributed by atoms with van der Waals surface area (Å²) in [4.78, 5) is 25.9. The van der Waals surface area contributed by atoms with Crippen molar-refractivity contribution in [2.75, 3.05) is 18.1 Å². The summed E-state index contributed by atoms with van der Waals surface area (Å²) in [5.41, 5.74) is 7.29. The van der Waals surface area contributed by atoms with Crippen LogP contribution in [0.25, 0.3) is 0 Å². The zero-order valence-electron chi connectivity index (χ0n) is 13.5. The van der Waals surface area contributed by atoms with E-state index < -0.39 is 5.91 Å². The molecular formula is C19H17N3O3. The first-order valence-corrected chi connectivity index (χ1v) is 7.92. The lowest BCUT2D eigenvalue weighted by atomic mass is 9.89. The van der Waals surface area contributed by atoms with Gasteiger partial charge < -0.3 is 15.4 Å². The number of hydrogen-bond donors (Lipinski definition) is 1. The summed E-state index contributed by atoms with van der Waals surface area (Å²) in [5, 5.41) is 9.07. The third-order valence-corrected chi connectivity index (χ3v) is 4.25. The number of nitrogens with two attached hydrogens (primary N) is 1. The molecule has 3 rings (SSSR count). The van der Waals surface area contributed by atoms with E-state index in [1.165, 1.54) is 0 Å². The Bertz CT molecular complexity index is 857. The molecule has 1 aliphatic heterocycles. The molecule has 1 unspecified atom stereocenters. The maximum Gasteiger partial charge on any atom is 0.264 e. The van der Waals surface area contributed by atoms with Crippen molar-refractivity contribution in [3.63, 3.8) is 0 Å². The number of rotatable bonds is 4. The number of benzene rings is 2. The van der Waals surface area contributed by atoms with Gasteiger partial charge in [-0.3, -0.25) is 9.59 Å². The van der Waals surface area contributed by atoms with Crippen LogP contribution in [0.2, 0.25) is 0 Å². The molecular weight excluding hydrogens is 318 g/mol. The van der Waals surface area contributed by atoms with Crippen molar-refractivity contribution in [3.8, 4) is 11.8 Å². The predicted octanol–water partition coefficient (Wildman–Crippen LogP) is 1.94. The summed E-state index contributed by atoms with van der Waals surface area (Å²) in [6, 6.07) is 16.0. The number of carbonyl (C=O) groups is 2. The standard InChI is InChI=1S/C19H17N3O3/c20-11-13-5-1-4-8-17(13)25-12-18(23)22-10-9-15(19(21)24)14-6-2-3-7-16(14)22/h1-8,15H,9-10,12H2,(H2,21,24). The number of nitrogens with zero attached hydrogens (tertiary/aromatic N) is 2. The van der Waals surface area contributed by atoms with Crippen molar-refractivity contribution in [2.45, 2.75) is 12.3 Å². The Labute approximate surface area is 145 Å². The average molecular weight is 335 g/mol. The van der Waals surface area contributed by atoms with Crippen LogP contribution in [0, 0.1) is 11.3 Å². The molecule has 0 aliphatic carbocycles. The molecule has 0 spiro atoms. The van der Waals surface area contributed by atoms with E-state index in [2.05, 4.69) is 0 Å². The lowest BCUT2D eigenvalue weighted by Crippen LogP contribution is -2.41. The molecule has 1 aliphatic rings. The van der Waals surface area contributed by atoms with Crippen LogP contribution in [0.15, 0.2) is 48.5 Å². The minimum absolute atomic E-state index is 0.186. The van der Waals surface area contributed by atoms with E-state index >= 15 is 0 Å². The highest BCUT2D eigenvalue weighted by atomic mass is 16.5. The summed E-state index contributed by atoms with van der Waals surface area (Å²) in [7, 11) is 0. The highest BCUT2D eigenvalue weighted by molar-refractivity contribution is 5.97. The largest absolute Gasteiger partial charge is 0.482 e. The Hall–Kier alpha value is -3.33. The molecule has 0 saturated heterocycles. The maximum atomic E-state index is 12.6. The number of ether oxygens (including phenoxy) is 1. The van der Waals surface area contributed by atoms with Gasteiger partial charge in [-0.25, -0.2) is 0 Å². The van der Waals surface area contributed by atoms with Crippen molar-refractivity contribution < 1.29 is 14.3 Å². The Balaban J connectivity index is 1.78. The second kappa shape index (κ2) is 7.05. The minimum Gasteiger partial charge on any atom is -0.482 e. The minimum atomic E-state index is -0.390. The summed E-state index contributed by atoms with van der Waals surface area (Å²) < 4.78 is 5.53. The van der Waals surface area contributed by atoms with Crippen LogP contribution in [0.1, 0.15) is 23.5 Å². The van der Waals surface area contributed by atoms with Gasteiger partial charge in [-0.1, -0.05) is 30.3 Å². The number of hydrogen-bond acceptors (Lipinski definition) is 4. The van der Waals surface area contributed by atoms with Gasteiger partial charge in [0.25, 0.3) is 5.91 Å². The first-order valence-electron chi connectivity index (χ1n) is 7.92. The van der Waals surface area contributed by atoms with Gasteiger partial charge in [0.1, 0.15) is 11.8 Å². The lowest BCUT2D eigenvalue weighted by Gasteiger charge is -2.33. The molecule has 6 heteroatoms. The van der Waals surface area contributed by atoms with Crippen LogP contribution in [-0.2, 0) is 9.59 Å². The van der Waals surface area contributed by atoms with Gasteiger partial charge in [-0.15, -0.1) is 0 Å². The van der Waals surface area contributed by atoms with Gasteiger partial charge in [-0.2, -0.15) is 5.26 Å². The molecule has 0 saturated carbocycles. The average Bonchev–Trinajstić information content (AvgIpc) is 2.65. The molecule has 126 valence electrons. The topological polar surface area (TPSA) is 96.4 Å². The molecule has 0 bridgehead atoms. The Morgan fingerprint density at radius 2 is 1.92 bits per heavy atom. The number of carbonyl (C=O) groups excluding carboxylic acids is 2. The number of para-hydroxylation sites is 2. The van der Waals surface area contributed by atoms with Crippen LogP contribution in [-0.4, -0.2) is 25.0 Å². The molecule has 0 fully saturated rings. The van der Waals surface area contributed by atoms with Crippen molar-refractivity contribution in [2.24, 2.45) is 5.73 Å². The molecule has 2 aromatic rings. The normalized spacial score (nSPS) is 15.8. The second-order valence-corrected chi connectivity index (χ2v) is 5.74. The molecule has 6 nitrogen and oxygen atoms in total. The van der Waals surface area contributed by atoms with E-state index in [4.69, 9.17) is 15.7 Å². The van der Waals surface area contributed by atoms with Gasteiger partial charge in [0.05, 0.1) is 11.5 Å². The zero-order valence-corrected chi connectivity index (χ0v) is 13.5. The highest BCUT2D eigenvalue weighted by Gasteiger charge is 2.31. The molecule has 25 heavy (non-hydrogen) atoms. The van der Waals surface area contributed by atoms with E-state index in [0.717, 1.165) is 5.56 Å². The van der Waals surface area contributed by atoms with Gasteiger partial charge in [0.2, 0.25) is 5.91 Å². The summed E-state index contributed by atoms with van der Waals surface area (Å²) in [5.74, 6) is -0.638. The predicted molar refractivity (Wildman–Crippen MR) is 92.0 cm³/mol. The van der Waals surface area contributed by atoms with E-state index in [-0.39, 0.29) is 18.4 Å². The maximum absolute atomic E-state index is 12.6. The summed E-state index contributed by atoms with van der Waals surface area (Å²) in [6.45, 7) is 0.209. The molecule has 0 aromatic heterocycles. The summed E-state index contributed by atoms with van der Waals surface area (Å²) >= 11 is 0. The number of anilines is 1. The fourth-order valence-corrected chi connectivity index (χ4v) is 3.02. The lowest BCUT2D eigenvalue weighted by molar-refractivity contribution is -0.122. The quantitative estimate of drug-likeness (QED) is 0.923. The zero-order chi connectivity index (χ0) is 17.8. The first-order chi connectivity index (χ1) is 12.1. The highest BCUT2D eigenvalue weighted by Crippen LogP contribution is 2.35. The Kier molecular flexibility index (Phi) is 4.66. The Morgan fingerprint density at radius 3 is 2.68 bits per heavy atom. The first kappa shape index (κ1) is 16.5. The van der Waals surface area contributed by atoms with Crippen LogP contribution in [0.3, 0.4) is 0 Å². The fourth-order valence-electron chi connectivity index (χ4n) is 3.02. The van der Waals surface area contributed by atoms with Crippen molar-refractivity contribution in [1.82, 2.24) is 0 Å². The van der Waals surface area contributed by atoms with E-state index in [9.17, 15) is 9.59 Å².